The first-order valence-electron chi connectivity index (χ1n) is 16.3. The summed E-state index contributed by atoms with van der Waals surface area (Å²) in [6.07, 6.45) is 6.90. The molecule has 4 heterocycles. The maximum absolute atomic E-state index is 14.0. The third-order valence-electron chi connectivity index (χ3n) is 9.49. The predicted molar refractivity (Wildman–Crippen MR) is 180 cm³/mol. The van der Waals surface area contributed by atoms with Crippen molar-refractivity contribution in [3.05, 3.63) is 69.1 Å². The molecule has 0 bridgehead atoms. The normalized spacial score (nSPS) is 18.9. The van der Waals surface area contributed by atoms with Crippen LogP contribution < -0.4 is 16.7 Å². The first-order chi connectivity index (χ1) is 22.8. The van der Waals surface area contributed by atoms with Crippen molar-refractivity contribution in [1.29, 1.82) is 0 Å². The fourth-order valence-electron chi connectivity index (χ4n) is 6.81. The number of hydrogen-bond acceptors (Lipinski definition) is 8. The van der Waals surface area contributed by atoms with E-state index in [1.54, 1.807) is 21.9 Å². The van der Waals surface area contributed by atoms with Crippen LogP contribution in [0.4, 0.5) is 10.5 Å². The minimum Gasteiger partial charge on any atom is -0.436 e. The van der Waals surface area contributed by atoms with Gasteiger partial charge in [0.05, 0.1) is 16.8 Å². The lowest BCUT2D eigenvalue weighted by atomic mass is 9.99. The number of nitrogens with one attached hydrogen (secondary N) is 2. The van der Waals surface area contributed by atoms with Crippen molar-refractivity contribution in [2.75, 3.05) is 58.1 Å². The van der Waals surface area contributed by atoms with E-state index in [-0.39, 0.29) is 29.1 Å². The number of terminal acetylenes is 1. The van der Waals surface area contributed by atoms with Gasteiger partial charge < -0.3 is 25.6 Å². The molecular weight excluding hydrogens is 620 g/mol. The van der Waals surface area contributed by atoms with Gasteiger partial charge in [-0.1, -0.05) is 47.9 Å². The molecule has 12 nitrogen and oxygen atoms in total. The molecule has 47 heavy (non-hydrogen) atoms. The molecular formula is C34H41ClN8O4. The number of carbonyl (C=O) groups excluding carboxylic acids is 2. The Labute approximate surface area is 279 Å². The van der Waals surface area contributed by atoms with E-state index >= 15 is 0 Å². The number of halogens is 1. The minimum absolute atomic E-state index is 0.109. The number of aromatic amines is 1. The third-order valence-corrected chi connectivity index (χ3v) is 9.80. The molecule has 248 valence electrons. The average molecular weight is 661 g/mol. The van der Waals surface area contributed by atoms with Crippen LogP contribution in [-0.2, 0) is 16.0 Å². The maximum Gasteiger partial charge on any atom is 0.410 e. The van der Waals surface area contributed by atoms with Crippen LogP contribution in [0.2, 0.25) is 5.02 Å². The summed E-state index contributed by atoms with van der Waals surface area (Å²) in [6.45, 7) is 5.87. The Morgan fingerprint density at radius 2 is 1.66 bits per heavy atom. The molecule has 0 aliphatic carbocycles. The zero-order chi connectivity index (χ0) is 32.9. The lowest BCUT2D eigenvalue weighted by molar-refractivity contribution is -0.142. The summed E-state index contributed by atoms with van der Waals surface area (Å²) in [5.41, 5.74) is 7.95. The molecule has 3 fully saturated rings. The van der Waals surface area contributed by atoms with E-state index in [1.807, 2.05) is 30.3 Å². The van der Waals surface area contributed by atoms with E-state index in [1.165, 1.54) is 4.68 Å². The quantitative estimate of drug-likeness (QED) is 0.260. The van der Waals surface area contributed by atoms with Crippen molar-refractivity contribution < 1.29 is 14.3 Å². The van der Waals surface area contributed by atoms with Gasteiger partial charge in [0.15, 0.2) is 11.9 Å². The number of hydrogen-bond donors (Lipinski definition) is 3. The number of anilines is 1. The topological polar surface area (TPSA) is 142 Å². The number of carbonyl (C=O) groups is 2. The highest BCUT2D eigenvalue weighted by Gasteiger charge is 2.35. The number of nitrogen functional groups attached to an aromatic ring is 1. The van der Waals surface area contributed by atoms with Gasteiger partial charge in [0.25, 0.3) is 5.91 Å². The molecule has 3 saturated heterocycles. The van der Waals surface area contributed by atoms with Crippen LogP contribution >= 0.6 is 11.6 Å². The first-order valence-corrected chi connectivity index (χ1v) is 16.7. The van der Waals surface area contributed by atoms with Gasteiger partial charge in [0.1, 0.15) is 0 Å². The molecule has 3 aromatic rings. The Hall–Kier alpha value is -4.31. The number of likely N-dealkylation sites (tertiary alicyclic amines) is 2. The number of aromatic nitrogens is 3. The highest BCUT2D eigenvalue weighted by atomic mass is 35.5. The van der Waals surface area contributed by atoms with Gasteiger partial charge in [-0.15, -0.1) is 11.5 Å². The molecule has 6 rings (SSSR count). The van der Waals surface area contributed by atoms with Crippen molar-refractivity contribution in [2.45, 2.75) is 50.3 Å². The summed E-state index contributed by atoms with van der Waals surface area (Å²) in [6, 6.07) is 13.1. The molecule has 2 amide bonds. The molecule has 0 radical (unpaired) electrons. The maximum atomic E-state index is 14.0. The molecule has 3 aliphatic rings. The van der Waals surface area contributed by atoms with Crippen molar-refractivity contribution in [3.63, 3.8) is 0 Å². The van der Waals surface area contributed by atoms with E-state index in [0.29, 0.717) is 67.7 Å². The van der Waals surface area contributed by atoms with E-state index in [0.717, 1.165) is 44.6 Å². The standard InChI is InChI=1S/C34H41ClN8O4/c1-2-24-20-23(21-28(35)30(24)36)22-29(32(44)41-14-8-26(9-15-41)40-18-12-37-13-19-40)47-34(46)42-16-10-27(11-17-42)43-33(45)38-31(39-43)25-6-4-3-5-7-25/h1,3-7,20-21,26-27,29,37H,8-19,22,36H2,(H,38,39,45)/t29-/m1/s1. The van der Waals surface area contributed by atoms with Gasteiger partial charge in [0.2, 0.25) is 0 Å². The third kappa shape index (κ3) is 7.48. The molecule has 2 aromatic carbocycles. The van der Waals surface area contributed by atoms with Gasteiger partial charge in [-0.2, -0.15) is 0 Å². The molecule has 1 atom stereocenters. The average Bonchev–Trinajstić information content (AvgIpc) is 3.51. The number of H-pyrrole nitrogens is 1. The van der Waals surface area contributed by atoms with Crippen LogP contribution in [0.1, 0.15) is 42.9 Å². The Kier molecular flexibility index (Phi) is 10.2. The highest BCUT2D eigenvalue weighted by Crippen LogP contribution is 2.27. The second kappa shape index (κ2) is 14.6. The van der Waals surface area contributed by atoms with Gasteiger partial charge in [-0.3, -0.25) is 14.7 Å². The van der Waals surface area contributed by atoms with Gasteiger partial charge >= 0.3 is 11.8 Å². The van der Waals surface area contributed by atoms with Crippen LogP contribution in [0.3, 0.4) is 0 Å². The summed E-state index contributed by atoms with van der Waals surface area (Å²) in [5, 5.41) is 8.21. The molecule has 13 heteroatoms. The van der Waals surface area contributed by atoms with Crippen LogP contribution in [0.25, 0.3) is 11.4 Å². The zero-order valence-electron chi connectivity index (χ0n) is 26.4. The molecule has 4 N–H and O–H groups in total. The number of piperidine rings is 2. The van der Waals surface area contributed by atoms with Crippen molar-refractivity contribution in [2.24, 2.45) is 0 Å². The Bertz CT molecular complexity index is 1660. The van der Waals surface area contributed by atoms with Gasteiger partial charge in [0, 0.05) is 75.9 Å². The Balaban J connectivity index is 1.12. The Morgan fingerprint density at radius 3 is 2.34 bits per heavy atom. The molecule has 0 unspecified atom stereocenters. The molecule has 1 aromatic heterocycles. The van der Waals surface area contributed by atoms with Crippen LogP contribution in [-0.4, -0.2) is 106 Å². The lowest BCUT2D eigenvalue weighted by Gasteiger charge is -2.41. The molecule has 0 spiro atoms. The van der Waals surface area contributed by atoms with Crippen molar-refractivity contribution >= 4 is 29.3 Å². The number of rotatable bonds is 7. The number of nitrogens with two attached hydrogens (primary N) is 1. The summed E-state index contributed by atoms with van der Waals surface area (Å²) >= 11 is 6.37. The van der Waals surface area contributed by atoms with Gasteiger partial charge in [-0.25, -0.2) is 14.3 Å². The van der Waals surface area contributed by atoms with Crippen LogP contribution in [0, 0.1) is 12.3 Å². The Morgan fingerprint density at radius 1 is 1.00 bits per heavy atom. The van der Waals surface area contributed by atoms with Crippen molar-refractivity contribution in [1.82, 2.24) is 34.8 Å². The number of piperazine rings is 1. The summed E-state index contributed by atoms with van der Waals surface area (Å²) in [7, 11) is 0. The molecule has 3 aliphatic heterocycles. The van der Waals surface area contributed by atoms with E-state index in [9.17, 15) is 14.4 Å². The van der Waals surface area contributed by atoms with Crippen LogP contribution in [0.5, 0.6) is 0 Å². The first kappa shape index (κ1) is 32.6. The smallest absolute Gasteiger partial charge is 0.410 e. The highest BCUT2D eigenvalue weighted by molar-refractivity contribution is 6.33. The number of benzene rings is 2. The largest absolute Gasteiger partial charge is 0.436 e. The van der Waals surface area contributed by atoms with E-state index in [4.69, 9.17) is 28.5 Å². The van der Waals surface area contributed by atoms with Gasteiger partial charge in [-0.05, 0) is 43.4 Å². The number of nitrogens with zero attached hydrogens (tertiary/aromatic N) is 5. The summed E-state index contributed by atoms with van der Waals surface area (Å²) < 4.78 is 7.45. The molecule has 0 saturated carbocycles. The SMILES string of the molecule is C#Cc1cc(C[C@@H](OC(=O)N2CCC(n3nc(-c4ccccc4)[nH]c3=O)CC2)C(=O)N2CCC(N3CCNCC3)CC2)cc(Cl)c1N. The van der Waals surface area contributed by atoms with Crippen molar-refractivity contribution in [3.8, 4) is 23.7 Å². The monoisotopic (exact) mass is 660 g/mol. The minimum atomic E-state index is -1.07. The second-order valence-electron chi connectivity index (χ2n) is 12.4. The fourth-order valence-corrected chi connectivity index (χ4v) is 7.05. The van der Waals surface area contributed by atoms with E-state index in [2.05, 4.69) is 26.2 Å². The zero-order valence-corrected chi connectivity index (χ0v) is 27.1. The second-order valence-corrected chi connectivity index (χ2v) is 12.8. The van der Waals surface area contributed by atoms with E-state index < -0.39 is 12.2 Å². The fraction of sp³-hybridized carbons (Fsp3) is 0.471. The number of ether oxygens (including phenoxy) is 1. The van der Waals surface area contributed by atoms with Crippen LogP contribution in [0.15, 0.2) is 47.3 Å². The predicted octanol–water partition coefficient (Wildman–Crippen LogP) is 2.74. The summed E-state index contributed by atoms with van der Waals surface area (Å²) in [4.78, 5) is 49.0. The summed E-state index contributed by atoms with van der Waals surface area (Å²) in [5.74, 6) is 2.81. The lowest BCUT2D eigenvalue weighted by Crippen LogP contribution is -2.54. The number of amides is 2.